The number of rotatable bonds is 7. The molecule has 0 unspecified atom stereocenters. The molecule has 0 aromatic carbocycles. The molecule has 0 saturated carbocycles. The van der Waals surface area contributed by atoms with E-state index in [0.717, 1.165) is 12.1 Å². The molecule has 0 aliphatic heterocycles. The van der Waals surface area contributed by atoms with Gasteiger partial charge in [0.15, 0.2) is 0 Å². The Kier molecular flexibility index (Phi) is 5.86. The zero-order chi connectivity index (χ0) is 19.3. The summed E-state index contributed by atoms with van der Waals surface area (Å²) in [5.41, 5.74) is -0.260. The van der Waals surface area contributed by atoms with E-state index in [1.807, 2.05) is 0 Å². The van der Waals surface area contributed by atoms with Gasteiger partial charge in [-0.05, 0) is 13.0 Å². The molecule has 0 spiro atoms. The molecule has 0 atom stereocenters. The second kappa shape index (κ2) is 7.89. The molecule has 10 heteroatoms. The third-order valence-corrected chi connectivity index (χ3v) is 3.29. The summed E-state index contributed by atoms with van der Waals surface area (Å²) in [6, 6.07) is 1.92. The average Bonchev–Trinajstić information content (AvgIpc) is 2.91. The lowest BCUT2D eigenvalue weighted by molar-refractivity contribution is -0.138. The van der Waals surface area contributed by atoms with Gasteiger partial charge in [-0.1, -0.05) is 0 Å². The number of pyridine rings is 1. The number of alkyl halides is 3. The zero-order valence-electron chi connectivity index (χ0n) is 13.6. The van der Waals surface area contributed by atoms with Crippen molar-refractivity contribution in [1.29, 1.82) is 0 Å². The number of aryl methyl sites for hydroxylation is 1. The minimum atomic E-state index is -4.48. The standard InChI is InChI=1S/C16H15F3N2O5/c1-9-8-26-11(6-13(22)23)14(9)15(24)20-4-5-25-12-3-2-10(7-21-12)16(17,18)19/h2-3,7-8H,4-6H2,1H3,(H,20,24)(H,22,23). The minimum absolute atomic E-state index is 0.0155. The van der Waals surface area contributed by atoms with Crippen molar-refractivity contribution in [3.05, 3.63) is 47.0 Å². The number of carbonyl (C=O) groups excluding carboxylic acids is 1. The van der Waals surface area contributed by atoms with Crippen LogP contribution in [0.5, 0.6) is 5.88 Å². The number of hydrogen-bond acceptors (Lipinski definition) is 5. The number of hydrogen-bond donors (Lipinski definition) is 2. The van der Waals surface area contributed by atoms with Crippen LogP contribution < -0.4 is 10.1 Å². The van der Waals surface area contributed by atoms with Gasteiger partial charge in [0.05, 0.1) is 23.9 Å². The van der Waals surface area contributed by atoms with Crippen LogP contribution in [-0.2, 0) is 17.4 Å². The Morgan fingerprint density at radius 2 is 2.08 bits per heavy atom. The predicted octanol–water partition coefficient (Wildman–Crippen LogP) is 2.44. The van der Waals surface area contributed by atoms with Crippen molar-refractivity contribution < 1.29 is 37.0 Å². The summed E-state index contributed by atoms with van der Waals surface area (Å²) in [5, 5.41) is 11.3. The van der Waals surface area contributed by atoms with Crippen molar-refractivity contribution in [2.24, 2.45) is 0 Å². The van der Waals surface area contributed by atoms with E-state index in [0.29, 0.717) is 11.8 Å². The number of halogens is 3. The monoisotopic (exact) mass is 372 g/mol. The number of amides is 1. The second-order valence-corrected chi connectivity index (χ2v) is 5.27. The number of carboxylic acid groups (broad SMARTS) is 1. The zero-order valence-corrected chi connectivity index (χ0v) is 13.6. The SMILES string of the molecule is Cc1coc(CC(=O)O)c1C(=O)NCCOc1ccc(C(F)(F)F)cn1. The molecule has 0 aliphatic rings. The molecule has 2 N–H and O–H groups in total. The van der Waals surface area contributed by atoms with Gasteiger partial charge in [-0.2, -0.15) is 13.2 Å². The van der Waals surface area contributed by atoms with E-state index in [1.165, 1.54) is 6.26 Å². The van der Waals surface area contributed by atoms with E-state index in [4.69, 9.17) is 14.3 Å². The molecule has 26 heavy (non-hydrogen) atoms. The first-order valence-electron chi connectivity index (χ1n) is 7.41. The van der Waals surface area contributed by atoms with Gasteiger partial charge >= 0.3 is 12.1 Å². The van der Waals surface area contributed by atoms with Crippen LogP contribution in [0.1, 0.15) is 27.2 Å². The quantitative estimate of drug-likeness (QED) is 0.724. The highest BCUT2D eigenvalue weighted by atomic mass is 19.4. The fourth-order valence-electron chi connectivity index (χ4n) is 2.11. The first-order chi connectivity index (χ1) is 12.2. The maximum absolute atomic E-state index is 12.4. The largest absolute Gasteiger partial charge is 0.481 e. The molecule has 2 rings (SSSR count). The third-order valence-electron chi connectivity index (χ3n) is 3.29. The van der Waals surface area contributed by atoms with Gasteiger partial charge in [-0.15, -0.1) is 0 Å². The minimum Gasteiger partial charge on any atom is -0.481 e. The van der Waals surface area contributed by atoms with Crippen molar-refractivity contribution in [3.63, 3.8) is 0 Å². The van der Waals surface area contributed by atoms with E-state index >= 15 is 0 Å². The van der Waals surface area contributed by atoms with Crippen molar-refractivity contribution in [3.8, 4) is 5.88 Å². The molecule has 0 saturated heterocycles. The highest BCUT2D eigenvalue weighted by molar-refractivity contribution is 5.97. The molecule has 7 nitrogen and oxygen atoms in total. The molecule has 1 amide bonds. The molecule has 2 aromatic rings. The molecular weight excluding hydrogens is 357 g/mol. The van der Waals surface area contributed by atoms with Crippen molar-refractivity contribution in [1.82, 2.24) is 10.3 Å². The summed E-state index contributed by atoms with van der Waals surface area (Å²) in [4.78, 5) is 26.4. The highest BCUT2D eigenvalue weighted by Crippen LogP contribution is 2.29. The number of ether oxygens (including phenoxy) is 1. The average molecular weight is 372 g/mol. The van der Waals surface area contributed by atoms with Crippen molar-refractivity contribution in [2.45, 2.75) is 19.5 Å². The normalized spacial score (nSPS) is 11.2. The summed E-state index contributed by atoms with van der Waals surface area (Å²) in [6.07, 6.45) is -2.96. The summed E-state index contributed by atoms with van der Waals surface area (Å²) in [7, 11) is 0. The molecular formula is C16H15F3N2O5. The molecule has 0 fully saturated rings. The Labute approximate surface area is 145 Å². The Hall–Kier alpha value is -3.04. The number of nitrogens with zero attached hydrogens (tertiary/aromatic N) is 1. The van der Waals surface area contributed by atoms with Crippen LogP contribution in [0.2, 0.25) is 0 Å². The summed E-state index contributed by atoms with van der Waals surface area (Å²) < 4.78 is 47.5. The Morgan fingerprint density at radius 1 is 1.35 bits per heavy atom. The first kappa shape index (κ1) is 19.3. The smallest absolute Gasteiger partial charge is 0.417 e. The van der Waals surface area contributed by atoms with Gasteiger partial charge in [0.25, 0.3) is 5.91 Å². The lowest BCUT2D eigenvalue weighted by Gasteiger charge is -2.09. The van der Waals surface area contributed by atoms with E-state index in [-0.39, 0.29) is 30.4 Å². The Bertz CT molecular complexity index is 784. The first-order valence-corrected chi connectivity index (χ1v) is 7.41. The Morgan fingerprint density at radius 3 is 2.65 bits per heavy atom. The number of nitrogens with one attached hydrogen (secondary N) is 1. The lowest BCUT2D eigenvalue weighted by Crippen LogP contribution is -2.29. The van der Waals surface area contributed by atoms with E-state index in [2.05, 4.69) is 10.3 Å². The topological polar surface area (TPSA) is 102 Å². The van der Waals surface area contributed by atoms with Crippen LogP contribution in [0.15, 0.2) is 29.0 Å². The summed E-state index contributed by atoms with van der Waals surface area (Å²) >= 11 is 0. The Balaban J connectivity index is 1.86. The maximum atomic E-state index is 12.4. The van der Waals surface area contributed by atoms with E-state index in [1.54, 1.807) is 6.92 Å². The van der Waals surface area contributed by atoms with Gasteiger partial charge in [0.1, 0.15) is 18.8 Å². The van der Waals surface area contributed by atoms with E-state index in [9.17, 15) is 22.8 Å². The fraction of sp³-hybridized carbons (Fsp3) is 0.312. The van der Waals surface area contributed by atoms with Crippen LogP contribution in [-0.4, -0.2) is 35.1 Å². The second-order valence-electron chi connectivity index (χ2n) is 5.27. The van der Waals surface area contributed by atoms with Crippen molar-refractivity contribution >= 4 is 11.9 Å². The molecule has 0 aliphatic carbocycles. The highest BCUT2D eigenvalue weighted by Gasteiger charge is 2.30. The van der Waals surface area contributed by atoms with Crippen LogP contribution in [0.4, 0.5) is 13.2 Å². The van der Waals surface area contributed by atoms with Crippen LogP contribution in [0.3, 0.4) is 0 Å². The number of carboxylic acids is 1. The van der Waals surface area contributed by atoms with Crippen molar-refractivity contribution in [2.75, 3.05) is 13.2 Å². The molecule has 0 bridgehead atoms. The molecule has 2 aromatic heterocycles. The lowest BCUT2D eigenvalue weighted by atomic mass is 10.1. The van der Waals surface area contributed by atoms with Gasteiger partial charge in [0, 0.05) is 17.8 Å². The fourth-order valence-corrected chi connectivity index (χ4v) is 2.11. The maximum Gasteiger partial charge on any atom is 0.417 e. The van der Waals surface area contributed by atoms with Crippen LogP contribution in [0, 0.1) is 6.92 Å². The van der Waals surface area contributed by atoms with Gasteiger partial charge in [-0.25, -0.2) is 4.98 Å². The van der Waals surface area contributed by atoms with Gasteiger partial charge in [0.2, 0.25) is 5.88 Å². The predicted molar refractivity (Wildman–Crippen MR) is 81.9 cm³/mol. The number of aromatic nitrogens is 1. The van der Waals surface area contributed by atoms with Gasteiger partial charge < -0.3 is 19.6 Å². The van der Waals surface area contributed by atoms with E-state index < -0.39 is 30.0 Å². The number of furan rings is 1. The third kappa shape index (κ3) is 4.98. The van der Waals surface area contributed by atoms with Crippen LogP contribution >= 0.6 is 0 Å². The van der Waals surface area contributed by atoms with Gasteiger partial charge in [-0.3, -0.25) is 9.59 Å². The molecule has 0 radical (unpaired) electrons. The molecule has 140 valence electrons. The number of aliphatic carboxylic acids is 1. The number of carbonyl (C=O) groups is 2. The molecule has 2 heterocycles. The summed E-state index contributed by atoms with van der Waals surface area (Å²) in [5.74, 6) is -1.64. The van der Waals surface area contributed by atoms with Crippen LogP contribution in [0.25, 0.3) is 0 Å². The summed E-state index contributed by atoms with van der Waals surface area (Å²) in [6.45, 7) is 1.61.